The van der Waals surface area contributed by atoms with Crippen LogP contribution in [0.5, 0.6) is 0 Å². The lowest BCUT2D eigenvalue weighted by atomic mass is 10.1. The Kier molecular flexibility index (Phi) is 4.98. The number of amides is 1. The van der Waals surface area contributed by atoms with Crippen LogP contribution in [0.3, 0.4) is 0 Å². The summed E-state index contributed by atoms with van der Waals surface area (Å²) >= 11 is 0. The standard InChI is InChI=1S/C21H19N7O/c1-14-9-15(2)11-16(10-14)21-23-13-28(27-21)8-7-20(29)26-25-19-12-22-17-5-3-4-6-18(17)24-19/h3-13H,1-2H3,(H,24,25)(H,26,29)/b8-7-. The smallest absolute Gasteiger partial charge is 0.263 e. The third-order valence-electron chi connectivity index (χ3n) is 4.13. The third-order valence-corrected chi connectivity index (χ3v) is 4.13. The molecule has 1 amide bonds. The van der Waals surface area contributed by atoms with Gasteiger partial charge in [-0.25, -0.2) is 14.6 Å². The second-order valence-corrected chi connectivity index (χ2v) is 6.60. The number of hydrogen-bond donors (Lipinski definition) is 2. The van der Waals surface area contributed by atoms with Crippen molar-refractivity contribution >= 4 is 29.0 Å². The highest BCUT2D eigenvalue weighted by Crippen LogP contribution is 2.18. The highest BCUT2D eigenvalue weighted by atomic mass is 16.2. The number of aryl methyl sites for hydroxylation is 2. The van der Waals surface area contributed by atoms with Crippen LogP contribution < -0.4 is 10.9 Å². The normalized spacial score (nSPS) is 11.1. The van der Waals surface area contributed by atoms with Crippen LogP contribution in [-0.4, -0.2) is 30.6 Å². The minimum Gasteiger partial charge on any atom is -0.280 e. The molecule has 0 saturated carbocycles. The molecule has 0 radical (unpaired) electrons. The third kappa shape index (κ3) is 4.44. The first kappa shape index (κ1) is 18.3. The van der Waals surface area contributed by atoms with Crippen molar-refractivity contribution in [3.8, 4) is 11.4 Å². The molecule has 2 aromatic heterocycles. The zero-order chi connectivity index (χ0) is 20.2. The van der Waals surface area contributed by atoms with Gasteiger partial charge in [-0.2, -0.15) is 0 Å². The molecule has 2 N–H and O–H groups in total. The van der Waals surface area contributed by atoms with Gasteiger partial charge in [0.2, 0.25) is 0 Å². The first-order valence-electron chi connectivity index (χ1n) is 9.03. The van der Waals surface area contributed by atoms with Crippen LogP contribution in [0.25, 0.3) is 28.6 Å². The van der Waals surface area contributed by atoms with Gasteiger partial charge >= 0.3 is 0 Å². The van der Waals surface area contributed by atoms with Crippen LogP contribution in [-0.2, 0) is 4.79 Å². The van der Waals surface area contributed by atoms with Gasteiger partial charge in [-0.3, -0.25) is 20.6 Å². The Morgan fingerprint density at radius 3 is 2.59 bits per heavy atom. The molecule has 0 spiro atoms. The van der Waals surface area contributed by atoms with Crippen LogP contribution in [0.15, 0.2) is 61.1 Å². The van der Waals surface area contributed by atoms with Crippen molar-refractivity contribution in [2.45, 2.75) is 13.8 Å². The number of hydrogen-bond acceptors (Lipinski definition) is 6. The molecule has 0 fully saturated rings. The lowest BCUT2D eigenvalue weighted by molar-refractivity contribution is -0.116. The van der Waals surface area contributed by atoms with Crippen LogP contribution in [0.1, 0.15) is 11.1 Å². The summed E-state index contributed by atoms with van der Waals surface area (Å²) in [6.07, 6.45) is 5.99. The van der Waals surface area contributed by atoms with Gasteiger partial charge in [-0.1, -0.05) is 29.3 Å². The average molecular weight is 385 g/mol. The van der Waals surface area contributed by atoms with Crippen molar-refractivity contribution in [3.05, 3.63) is 72.2 Å². The molecule has 144 valence electrons. The van der Waals surface area contributed by atoms with E-state index in [0.29, 0.717) is 11.6 Å². The van der Waals surface area contributed by atoms with E-state index in [4.69, 9.17) is 0 Å². The molecule has 0 atom stereocenters. The highest BCUT2D eigenvalue weighted by molar-refractivity contribution is 5.90. The topological polar surface area (TPSA) is 97.6 Å². The lowest BCUT2D eigenvalue weighted by Crippen LogP contribution is -2.28. The van der Waals surface area contributed by atoms with E-state index in [1.54, 1.807) is 12.5 Å². The van der Waals surface area contributed by atoms with Crippen LogP contribution >= 0.6 is 0 Å². The Morgan fingerprint density at radius 1 is 1.03 bits per heavy atom. The van der Waals surface area contributed by atoms with E-state index in [0.717, 1.165) is 27.7 Å². The minimum absolute atomic E-state index is 0.358. The molecule has 2 aromatic carbocycles. The van der Waals surface area contributed by atoms with E-state index in [1.165, 1.54) is 17.0 Å². The van der Waals surface area contributed by atoms with Gasteiger partial charge < -0.3 is 0 Å². The maximum atomic E-state index is 12.0. The summed E-state index contributed by atoms with van der Waals surface area (Å²) in [6, 6.07) is 13.6. The van der Waals surface area contributed by atoms with E-state index in [2.05, 4.69) is 37.0 Å². The fourth-order valence-corrected chi connectivity index (χ4v) is 2.91. The average Bonchev–Trinajstić information content (AvgIpc) is 3.19. The van der Waals surface area contributed by atoms with Crippen molar-refractivity contribution in [1.29, 1.82) is 0 Å². The molecule has 8 heteroatoms. The Bertz CT molecular complexity index is 1190. The fraction of sp³-hybridized carbons (Fsp3) is 0.0952. The molecule has 0 bridgehead atoms. The molecule has 2 heterocycles. The number of carbonyl (C=O) groups excluding carboxylic acids is 1. The number of anilines is 1. The number of hydrazine groups is 1. The number of benzene rings is 2. The van der Waals surface area contributed by atoms with Crippen LogP contribution in [0, 0.1) is 13.8 Å². The summed E-state index contributed by atoms with van der Waals surface area (Å²) in [4.78, 5) is 25.0. The van der Waals surface area contributed by atoms with Crippen molar-refractivity contribution in [2.75, 3.05) is 5.43 Å². The summed E-state index contributed by atoms with van der Waals surface area (Å²) in [6.45, 7) is 4.06. The van der Waals surface area contributed by atoms with Crippen LogP contribution in [0.4, 0.5) is 5.82 Å². The van der Waals surface area contributed by atoms with Crippen molar-refractivity contribution in [2.24, 2.45) is 0 Å². The predicted molar refractivity (Wildman–Crippen MR) is 112 cm³/mol. The van der Waals surface area contributed by atoms with E-state index >= 15 is 0 Å². The predicted octanol–water partition coefficient (Wildman–Crippen LogP) is 3.12. The van der Waals surface area contributed by atoms with E-state index in [9.17, 15) is 4.79 Å². The zero-order valence-electron chi connectivity index (χ0n) is 16.0. The molecule has 0 aliphatic rings. The van der Waals surface area contributed by atoms with Gasteiger partial charge in [0.1, 0.15) is 6.33 Å². The number of rotatable bonds is 5. The van der Waals surface area contributed by atoms with Gasteiger partial charge in [-0.15, -0.1) is 5.10 Å². The summed E-state index contributed by atoms with van der Waals surface area (Å²) in [7, 11) is 0. The summed E-state index contributed by atoms with van der Waals surface area (Å²) in [5.74, 6) is 0.693. The number of para-hydroxylation sites is 2. The van der Waals surface area contributed by atoms with Gasteiger partial charge in [0.25, 0.3) is 5.91 Å². The Labute approximate surface area is 167 Å². The summed E-state index contributed by atoms with van der Waals surface area (Å²) in [5, 5.41) is 4.38. The zero-order valence-corrected chi connectivity index (χ0v) is 16.0. The maximum Gasteiger partial charge on any atom is 0.263 e. The molecule has 0 aliphatic heterocycles. The van der Waals surface area contributed by atoms with Gasteiger partial charge in [0.05, 0.1) is 17.2 Å². The number of fused-ring (bicyclic) bond motifs is 1. The van der Waals surface area contributed by atoms with Gasteiger partial charge in [0, 0.05) is 17.8 Å². The number of nitrogens with one attached hydrogen (secondary N) is 2. The van der Waals surface area contributed by atoms with Crippen LogP contribution in [0.2, 0.25) is 0 Å². The number of nitrogens with zero attached hydrogens (tertiary/aromatic N) is 5. The Hall–Kier alpha value is -4.07. The lowest BCUT2D eigenvalue weighted by Gasteiger charge is -2.05. The molecule has 4 aromatic rings. The second-order valence-electron chi connectivity index (χ2n) is 6.60. The largest absolute Gasteiger partial charge is 0.280 e. The maximum absolute atomic E-state index is 12.0. The van der Waals surface area contributed by atoms with Crippen molar-refractivity contribution < 1.29 is 4.79 Å². The molecule has 8 nitrogen and oxygen atoms in total. The molecule has 4 rings (SSSR count). The van der Waals surface area contributed by atoms with E-state index in [-0.39, 0.29) is 5.91 Å². The first-order chi connectivity index (χ1) is 14.1. The van der Waals surface area contributed by atoms with Crippen molar-refractivity contribution in [1.82, 2.24) is 30.2 Å². The first-order valence-corrected chi connectivity index (χ1v) is 9.03. The monoisotopic (exact) mass is 385 g/mol. The molecule has 0 aliphatic carbocycles. The SMILES string of the molecule is Cc1cc(C)cc(-c2ncn(/C=C\C(=O)NNc3cnc4ccccc4n3)n2)c1. The van der Waals surface area contributed by atoms with Gasteiger partial charge in [0.15, 0.2) is 11.6 Å². The van der Waals surface area contributed by atoms with E-state index in [1.807, 2.05) is 50.2 Å². The highest BCUT2D eigenvalue weighted by Gasteiger charge is 2.05. The number of carbonyl (C=O) groups is 1. The Balaban J connectivity index is 1.38. The second kappa shape index (κ2) is 7.89. The fourth-order valence-electron chi connectivity index (χ4n) is 2.91. The Morgan fingerprint density at radius 2 is 1.79 bits per heavy atom. The molecule has 0 unspecified atom stereocenters. The summed E-state index contributed by atoms with van der Waals surface area (Å²) in [5.41, 5.74) is 10.1. The quantitative estimate of drug-likeness (QED) is 0.405. The molecular weight excluding hydrogens is 366 g/mol. The molecular formula is C21H19N7O. The van der Waals surface area contributed by atoms with Crippen molar-refractivity contribution in [3.63, 3.8) is 0 Å². The van der Waals surface area contributed by atoms with Gasteiger partial charge in [-0.05, 0) is 38.1 Å². The molecule has 29 heavy (non-hydrogen) atoms. The van der Waals surface area contributed by atoms with E-state index < -0.39 is 0 Å². The molecule has 0 saturated heterocycles. The number of aromatic nitrogens is 5. The summed E-state index contributed by atoms with van der Waals surface area (Å²) < 4.78 is 1.49. The minimum atomic E-state index is -0.358.